The Morgan fingerprint density at radius 3 is 2.86 bits per heavy atom. The van der Waals surface area contributed by atoms with Gasteiger partial charge in [-0.05, 0) is 17.5 Å². The monoisotopic (exact) mass is 315 g/mol. The molecule has 9 heteroatoms. The van der Waals surface area contributed by atoms with Gasteiger partial charge in [-0.1, -0.05) is 0 Å². The number of thiophene rings is 1. The molecule has 3 heterocycles. The first-order valence-electron chi connectivity index (χ1n) is 6.13. The fraction of sp³-hybridized carbons (Fsp3) is 0. The Balaban J connectivity index is 1.73. The number of H-pyrrole nitrogens is 1. The zero-order valence-electron chi connectivity index (χ0n) is 11.0. The highest BCUT2D eigenvalue weighted by Gasteiger charge is 2.13. The lowest BCUT2D eigenvalue weighted by atomic mass is 10.2. The molecule has 3 aromatic rings. The van der Waals surface area contributed by atoms with Gasteiger partial charge in [-0.2, -0.15) is 16.4 Å². The number of nitrogens with one attached hydrogen (secondary N) is 2. The maximum Gasteiger partial charge on any atom is 0.287 e. The molecule has 0 saturated heterocycles. The highest BCUT2D eigenvalue weighted by molar-refractivity contribution is 7.08. The van der Waals surface area contributed by atoms with Crippen LogP contribution in [0.2, 0.25) is 0 Å². The summed E-state index contributed by atoms with van der Waals surface area (Å²) in [4.78, 5) is 25.7. The molecule has 0 aromatic carbocycles. The van der Waals surface area contributed by atoms with Crippen molar-refractivity contribution < 1.29 is 9.72 Å². The van der Waals surface area contributed by atoms with Gasteiger partial charge >= 0.3 is 0 Å². The summed E-state index contributed by atoms with van der Waals surface area (Å²) < 4.78 is 0. The van der Waals surface area contributed by atoms with E-state index in [2.05, 4.69) is 20.5 Å². The van der Waals surface area contributed by atoms with Crippen LogP contribution < -0.4 is 5.32 Å². The van der Waals surface area contributed by atoms with Crippen molar-refractivity contribution in [3.05, 3.63) is 57.0 Å². The normalized spacial score (nSPS) is 10.4. The predicted octanol–water partition coefficient (Wildman–Crippen LogP) is 2.69. The minimum absolute atomic E-state index is 0.0747. The maximum absolute atomic E-state index is 12.0. The number of pyridine rings is 1. The van der Waals surface area contributed by atoms with Gasteiger partial charge in [-0.3, -0.25) is 20.0 Å². The molecule has 0 unspecified atom stereocenters. The highest BCUT2D eigenvalue weighted by atomic mass is 32.1. The third kappa shape index (κ3) is 2.83. The van der Waals surface area contributed by atoms with Crippen LogP contribution in [0.15, 0.2) is 41.2 Å². The molecule has 3 aromatic heterocycles. The summed E-state index contributed by atoms with van der Waals surface area (Å²) in [5, 5.41) is 23.8. The molecule has 0 spiro atoms. The fourth-order valence-electron chi connectivity index (χ4n) is 1.76. The third-order valence-electron chi connectivity index (χ3n) is 2.84. The van der Waals surface area contributed by atoms with Crippen molar-refractivity contribution in [1.82, 2.24) is 15.2 Å². The molecule has 1 amide bonds. The minimum Gasteiger partial charge on any atom is -0.304 e. The van der Waals surface area contributed by atoms with Crippen molar-refractivity contribution in [2.45, 2.75) is 0 Å². The lowest BCUT2D eigenvalue weighted by molar-refractivity contribution is -0.385. The average molecular weight is 315 g/mol. The predicted molar refractivity (Wildman–Crippen MR) is 80.7 cm³/mol. The van der Waals surface area contributed by atoms with Crippen LogP contribution in [0.25, 0.3) is 11.3 Å². The van der Waals surface area contributed by atoms with Crippen molar-refractivity contribution in [1.29, 1.82) is 0 Å². The molecule has 0 atom stereocenters. The first-order chi connectivity index (χ1) is 10.6. The second-order valence-electron chi connectivity index (χ2n) is 4.29. The van der Waals surface area contributed by atoms with Crippen LogP contribution >= 0.6 is 11.3 Å². The molecule has 2 N–H and O–H groups in total. The highest BCUT2D eigenvalue weighted by Crippen LogP contribution is 2.22. The van der Waals surface area contributed by atoms with Gasteiger partial charge in [0.05, 0.1) is 10.6 Å². The van der Waals surface area contributed by atoms with Crippen molar-refractivity contribution in [2.75, 3.05) is 5.32 Å². The van der Waals surface area contributed by atoms with E-state index >= 15 is 0 Å². The van der Waals surface area contributed by atoms with E-state index in [9.17, 15) is 14.9 Å². The van der Waals surface area contributed by atoms with Gasteiger partial charge in [-0.25, -0.2) is 4.98 Å². The molecule has 22 heavy (non-hydrogen) atoms. The number of rotatable bonds is 4. The number of carbonyl (C=O) groups is 1. The summed E-state index contributed by atoms with van der Waals surface area (Å²) in [6.45, 7) is 0. The summed E-state index contributed by atoms with van der Waals surface area (Å²) >= 11 is 1.56. The van der Waals surface area contributed by atoms with E-state index in [-0.39, 0.29) is 11.4 Å². The number of hydrogen-bond acceptors (Lipinski definition) is 6. The van der Waals surface area contributed by atoms with Crippen molar-refractivity contribution >= 4 is 28.7 Å². The van der Waals surface area contributed by atoms with Gasteiger partial charge in [0.15, 0.2) is 5.82 Å². The van der Waals surface area contributed by atoms with E-state index in [1.54, 1.807) is 17.4 Å². The number of anilines is 1. The number of aromatic amines is 1. The Kier molecular flexibility index (Phi) is 3.62. The Morgan fingerprint density at radius 2 is 2.23 bits per heavy atom. The van der Waals surface area contributed by atoms with Gasteiger partial charge < -0.3 is 5.32 Å². The Bertz CT molecular complexity index is 811. The molecular formula is C13H9N5O3S. The molecule has 0 fully saturated rings. The summed E-state index contributed by atoms with van der Waals surface area (Å²) in [7, 11) is 0. The number of carbonyl (C=O) groups excluding carboxylic acids is 1. The zero-order chi connectivity index (χ0) is 15.5. The largest absolute Gasteiger partial charge is 0.304 e. The third-order valence-corrected chi connectivity index (χ3v) is 3.53. The number of hydrogen-bond donors (Lipinski definition) is 2. The van der Waals surface area contributed by atoms with E-state index in [1.165, 1.54) is 12.1 Å². The van der Waals surface area contributed by atoms with Crippen LogP contribution in [0.1, 0.15) is 10.5 Å². The van der Waals surface area contributed by atoms with Crippen LogP contribution in [-0.2, 0) is 0 Å². The number of amides is 1. The van der Waals surface area contributed by atoms with Gasteiger partial charge in [0.1, 0.15) is 11.9 Å². The van der Waals surface area contributed by atoms with E-state index in [1.807, 2.05) is 16.8 Å². The number of nitro groups is 1. The number of aromatic nitrogens is 3. The second-order valence-corrected chi connectivity index (χ2v) is 5.07. The van der Waals surface area contributed by atoms with Crippen molar-refractivity contribution in [3.8, 4) is 11.3 Å². The van der Waals surface area contributed by atoms with Crippen LogP contribution in [0, 0.1) is 10.1 Å². The average Bonchev–Trinajstić information content (AvgIpc) is 3.18. The molecule has 0 bridgehead atoms. The van der Waals surface area contributed by atoms with E-state index < -0.39 is 10.8 Å². The Morgan fingerprint density at radius 1 is 1.36 bits per heavy atom. The smallest absolute Gasteiger partial charge is 0.287 e. The molecule has 0 aliphatic rings. The van der Waals surface area contributed by atoms with Gasteiger partial charge in [0, 0.05) is 23.1 Å². The van der Waals surface area contributed by atoms with Crippen molar-refractivity contribution in [3.63, 3.8) is 0 Å². The standard InChI is InChI=1S/C13H9N5O3S/c19-13(10-2-1-9(6-14-10)18(20)21)15-12-5-11(16-17-12)8-3-4-22-7-8/h1-7H,(H2,15,16,17,19). The van der Waals surface area contributed by atoms with E-state index in [4.69, 9.17) is 0 Å². The quantitative estimate of drug-likeness (QED) is 0.567. The van der Waals surface area contributed by atoms with Crippen LogP contribution in [0.4, 0.5) is 11.5 Å². The fourth-order valence-corrected chi connectivity index (χ4v) is 2.42. The van der Waals surface area contributed by atoms with Gasteiger partial charge in [-0.15, -0.1) is 0 Å². The lowest BCUT2D eigenvalue weighted by Gasteiger charge is -2.00. The lowest BCUT2D eigenvalue weighted by Crippen LogP contribution is -2.13. The van der Waals surface area contributed by atoms with E-state index in [0.717, 1.165) is 17.5 Å². The van der Waals surface area contributed by atoms with E-state index in [0.29, 0.717) is 5.82 Å². The van der Waals surface area contributed by atoms with Crippen molar-refractivity contribution in [2.24, 2.45) is 0 Å². The van der Waals surface area contributed by atoms with Crippen LogP contribution in [0.5, 0.6) is 0 Å². The minimum atomic E-state index is -0.574. The summed E-state index contributed by atoms with van der Waals surface area (Å²) in [6.07, 6.45) is 1.04. The maximum atomic E-state index is 12.0. The molecule has 3 rings (SSSR count). The zero-order valence-corrected chi connectivity index (χ0v) is 11.8. The molecule has 0 radical (unpaired) electrons. The Labute approximate surface area is 128 Å². The van der Waals surface area contributed by atoms with Gasteiger partial charge in [0.25, 0.3) is 11.6 Å². The molecule has 0 aliphatic carbocycles. The summed E-state index contributed by atoms with van der Waals surface area (Å²) in [5.41, 5.74) is 1.67. The summed E-state index contributed by atoms with van der Waals surface area (Å²) in [5.74, 6) is -0.135. The Hall–Kier alpha value is -3.07. The molecule has 110 valence electrons. The molecular weight excluding hydrogens is 306 g/mol. The first-order valence-corrected chi connectivity index (χ1v) is 7.07. The molecule has 0 aliphatic heterocycles. The first kappa shape index (κ1) is 13.9. The molecule has 8 nitrogen and oxygen atoms in total. The SMILES string of the molecule is O=C(Nc1cc(-c2ccsc2)[nH]n1)c1ccc([N+](=O)[O-])cn1. The van der Waals surface area contributed by atoms with Gasteiger partial charge in [0.2, 0.25) is 0 Å². The number of nitrogens with zero attached hydrogens (tertiary/aromatic N) is 3. The van der Waals surface area contributed by atoms with Crippen LogP contribution in [0.3, 0.4) is 0 Å². The second kappa shape index (κ2) is 5.74. The van der Waals surface area contributed by atoms with Crippen LogP contribution in [-0.4, -0.2) is 26.0 Å². The topological polar surface area (TPSA) is 114 Å². The molecule has 0 saturated carbocycles. The summed E-state index contributed by atoms with van der Waals surface area (Å²) in [6, 6.07) is 6.15.